The highest BCUT2D eigenvalue weighted by atomic mass is 32.2. The molecule has 1 heterocycles. The Morgan fingerprint density at radius 3 is 2.57 bits per heavy atom. The van der Waals surface area contributed by atoms with Gasteiger partial charge in [0, 0.05) is 6.20 Å². The van der Waals surface area contributed by atoms with Gasteiger partial charge < -0.3 is 14.8 Å². The smallest absolute Gasteiger partial charge is 0.354 e. The van der Waals surface area contributed by atoms with Gasteiger partial charge in [-0.15, -0.1) is 0 Å². The van der Waals surface area contributed by atoms with Crippen LogP contribution in [-0.2, 0) is 19.6 Å². The van der Waals surface area contributed by atoms with Crippen LogP contribution in [0.5, 0.6) is 0 Å². The maximum atomic E-state index is 12.1. The fourth-order valence-electron chi connectivity index (χ4n) is 1.64. The highest BCUT2D eigenvalue weighted by Crippen LogP contribution is 2.15. The number of carbonyl (C=O) groups is 2. The summed E-state index contributed by atoms with van der Waals surface area (Å²) in [4.78, 5) is 24.7. The predicted molar refractivity (Wildman–Crippen MR) is 73.3 cm³/mol. The number of aliphatic carboxylic acids is 1. The highest BCUT2D eigenvalue weighted by molar-refractivity contribution is 7.89. The molecule has 1 rings (SSSR count). The average molecular weight is 318 g/mol. The van der Waals surface area contributed by atoms with Crippen molar-refractivity contribution in [1.29, 1.82) is 0 Å². The van der Waals surface area contributed by atoms with Gasteiger partial charge in [-0.3, -0.25) is 4.79 Å². The molecule has 0 spiro atoms. The summed E-state index contributed by atoms with van der Waals surface area (Å²) >= 11 is 0. The van der Waals surface area contributed by atoms with Gasteiger partial charge in [0.2, 0.25) is 10.0 Å². The van der Waals surface area contributed by atoms with Crippen molar-refractivity contribution in [2.45, 2.75) is 31.2 Å². The normalized spacial score (nSPS) is 14.4. The first-order chi connectivity index (χ1) is 9.72. The largest absolute Gasteiger partial charge is 0.480 e. The highest BCUT2D eigenvalue weighted by Gasteiger charge is 2.30. The van der Waals surface area contributed by atoms with Crippen LogP contribution in [0.3, 0.4) is 0 Å². The molecule has 1 aromatic heterocycles. The molecule has 0 aliphatic heterocycles. The number of nitrogens with one attached hydrogen (secondary N) is 2. The van der Waals surface area contributed by atoms with Crippen molar-refractivity contribution in [3.05, 3.63) is 18.0 Å². The fraction of sp³-hybridized carbons (Fsp3) is 0.500. The van der Waals surface area contributed by atoms with E-state index in [9.17, 15) is 18.0 Å². The molecule has 0 bridgehead atoms. The molecule has 0 aliphatic carbocycles. The molecule has 2 atom stereocenters. The number of H-pyrrole nitrogens is 1. The Bertz CT molecular complexity index is 621. The van der Waals surface area contributed by atoms with Crippen LogP contribution in [0.4, 0.5) is 0 Å². The lowest BCUT2D eigenvalue weighted by Gasteiger charge is -2.19. The topological polar surface area (TPSA) is 126 Å². The Kier molecular flexibility index (Phi) is 5.50. The van der Waals surface area contributed by atoms with Crippen LogP contribution in [0.1, 0.15) is 30.8 Å². The Labute approximate surface area is 122 Å². The van der Waals surface area contributed by atoms with Crippen LogP contribution in [-0.4, -0.2) is 43.6 Å². The van der Waals surface area contributed by atoms with Gasteiger partial charge in [-0.05, 0) is 12.0 Å². The second kappa shape index (κ2) is 6.72. The summed E-state index contributed by atoms with van der Waals surface area (Å²) < 4.78 is 30.9. The van der Waals surface area contributed by atoms with Crippen molar-refractivity contribution in [3.63, 3.8) is 0 Å². The van der Waals surface area contributed by atoms with Gasteiger partial charge in [0.1, 0.15) is 16.6 Å². The van der Waals surface area contributed by atoms with Gasteiger partial charge in [-0.25, -0.2) is 13.2 Å². The Balaban J connectivity index is 3.02. The van der Waals surface area contributed by atoms with Crippen molar-refractivity contribution in [1.82, 2.24) is 9.71 Å². The lowest BCUT2D eigenvalue weighted by atomic mass is 10.0. The number of hydrogen-bond acceptors (Lipinski definition) is 5. The Morgan fingerprint density at radius 1 is 1.48 bits per heavy atom. The minimum absolute atomic E-state index is 0.0340. The van der Waals surface area contributed by atoms with E-state index in [4.69, 9.17) is 5.11 Å². The zero-order valence-electron chi connectivity index (χ0n) is 11.9. The Morgan fingerprint density at radius 2 is 2.10 bits per heavy atom. The van der Waals surface area contributed by atoms with E-state index >= 15 is 0 Å². The SMILES string of the molecule is CC[C@H](C)[C@H](NS(=O)(=O)c1c[nH]c(C(=O)OC)c1)C(=O)O. The molecule has 0 radical (unpaired) electrons. The quantitative estimate of drug-likeness (QED) is 0.631. The predicted octanol–water partition coefficient (Wildman–Crippen LogP) is 0.579. The summed E-state index contributed by atoms with van der Waals surface area (Å²) in [5, 5.41) is 9.11. The first-order valence-corrected chi connectivity index (χ1v) is 7.73. The number of aromatic nitrogens is 1. The zero-order chi connectivity index (χ0) is 16.2. The number of hydrogen-bond donors (Lipinski definition) is 3. The van der Waals surface area contributed by atoms with Crippen molar-refractivity contribution in [2.75, 3.05) is 7.11 Å². The first-order valence-electron chi connectivity index (χ1n) is 6.24. The van der Waals surface area contributed by atoms with Crippen LogP contribution in [0.2, 0.25) is 0 Å². The summed E-state index contributed by atoms with van der Waals surface area (Å²) in [5.74, 6) is -2.35. The van der Waals surface area contributed by atoms with E-state index in [1.807, 2.05) is 0 Å². The molecule has 21 heavy (non-hydrogen) atoms. The summed E-state index contributed by atoms with van der Waals surface area (Å²) in [6, 6.07) is -0.152. The molecule has 0 saturated heterocycles. The number of aromatic amines is 1. The van der Waals surface area contributed by atoms with Crippen molar-refractivity contribution in [3.8, 4) is 0 Å². The number of rotatable bonds is 7. The second-order valence-electron chi connectivity index (χ2n) is 4.56. The zero-order valence-corrected chi connectivity index (χ0v) is 12.7. The number of carbonyl (C=O) groups excluding carboxylic acids is 1. The standard InChI is InChI=1S/C12H18N2O6S/c1-4-7(2)10(11(15)16)14-21(18,19)8-5-9(13-6-8)12(17)20-3/h5-7,10,13-14H,4H2,1-3H3,(H,15,16)/t7-,10-/m0/s1. The van der Waals surface area contributed by atoms with E-state index in [2.05, 4.69) is 14.4 Å². The summed E-state index contributed by atoms with van der Waals surface area (Å²) in [5.41, 5.74) is -0.0340. The number of esters is 1. The number of sulfonamides is 1. The van der Waals surface area contributed by atoms with Gasteiger partial charge in [0.15, 0.2) is 0 Å². The molecule has 0 fully saturated rings. The monoisotopic (exact) mass is 318 g/mol. The summed E-state index contributed by atoms with van der Waals surface area (Å²) in [7, 11) is -2.88. The molecule has 9 heteroatoms. The molecule has 0 amide bonds. The van der Waals surface area contributed by atoms with Gasteiger partial charge >= 0.3 is 11.9 Å². The van der Waals surface area contributed by atoms with Gasteiger partial charge in [0.05, 0.1) is 7.11 Å². The van der Waals surface area contributed by atoms with Crippen LogP contribution in [0.15, 0.2) is 17.2 Å². The minimum Gasteiger partial charge on any atom is -0.480 e. The average Bonchev–Trinajstić information content (AvgIpc) is 2.93. The lowest BCUT2D eigenvalue weighted by Crippen LogP contribution is -2.44. The van der Waals surface area contributed by atoms with Crippen molar-refractivity contribution < 1.29 is 27.9 Å². The van der Waals surface area contributed by atoms with Gasteiger partial charge in [0.25, 0.3) is 0 Å². The summed E-state index contributed by atoms with van der Waals surface area (Å²) in [6.07, 6.45) is 1.60. The molecule has 1 aromatic rings. The van der Waals surface area contributed by atoms with E-state index in [-0.39, 0.29) is 16.5 Å². The van der Waals surface area contributed by atoms with E-state index in [1.165, 1.54) is 7.11 Å². The van der Waals surface area contributed by atoms with Gasteiger partial charge in [-0.2, -0.15) is 4.72 Å². The minimum atomic E-state index is -4.05. The molecule has 0 aromatic carbocycles. The second-order valence-corrected chi connectivity index (χ2v) is 6.28. The number of carboxylic acid groups (broad SMARTS) is 1. The van der Waals surface area contributed by atoms with E-state index in [0.717, 1.165) is 12.3 Å². The molecule has 0 saturated carbocycles. The third-order valence-corrected chi connectivity index (χ3v) is 4.55. The molecular weight excluding hydrogens is 300 g/mol. The molecule has 0 unspecified atom stereocenters. The third kappa shape index (κ3) is 4.05. The molecule has 3 N–H and O–H groups in total. The first kappa shape index (κ1) is 17.2. The third-order valence-electron chi connectivity index (χ3n) is 3.13. The number of methoxy groups -OCH3 is 1. The number of carboxylic acids is 1. The van der Waals surface area contributed by atoms with Crippen LogP contribution in [0.25, 0.3) is 0 Å². The van der Waals surface area contributed by atoms with Crippen LogP contribution < -0.4 is 4.72 Å². The molecule has 8 nitrogen and oxygen atoms in total. The van der Waals surface area contributed by atoms with E-state index in [0.29, 0.717) is 6.42 Å². The van der Waals surface area contributed by atoms with Crippen molar-refractivity contribution in [2.24, 2.45) is 5.92 Å². The fourth-order valence-corrected chi connectivity index (χ4v) is 2.93. The maximum absolute atomic E-state index is 12.1. The molecular formula is C12H18N2O6S. The molecule has 118 valence electrons. The van der Waals surface area contributed by atoms with Crippen molar-refractivity contribution >= 4 is 22.0 Å². The summed E-state index contributed by atoms with van der Waals surface area (Å²) in [6.45, 7) is 3.40. The van der Waals surface area contributed by atoms with E-state index < -0.39 is 28.0 Å². The maximum Gasteiger partial charge on any atom is 0.354 e. The van der Waals surface area contributed by atoms with Crippen LogP contribution in [0, 0.1) is 5.92 Å². The Hall–Kier alpha value is -1.87. The lowest BCUT2D eigenvalue weighted by molar-refractivity contribution is -0.140. The van der Waals surface area contributed by atoms with Gasteiger partial charge in [-0.1, -0.05) is 20.3 Å². The van der Waals surface area contributed by atoms with Crippen LogP contribution >= 0.6 is 0 Å². The molecule has 0 aliphatic rings. The van der Waals surface area contributed by atoms with E-state index in [1.54, 1.807) is 13.8 Å². The number of ether oxygens (including phenoxy) is 1.